The Bertz CT molecular complexity index is 462. The lowest BCUT2D eigenvalue weighted by molar-refractivity contribution is -0.134. The number of halogens is 4. The number of likely N-dealkylation sites (N-methyl/N-ethyl adjacent to an activating group) is 1. The number of rotatable bonds is 5. The molecule has 1 rings (SSSR count). The van der Waals surface area contributed by atoms with Gasteiger partial charge in [-0.05, 0) is 13.0 Å². The van der Waals surface area contributed by atoms with Crippen molar-refractivity contribution in [3.8, 4) is 0 Å². The average molecular weight is 292 g/mol. The number of carbonyl (C=O) groups excluding carboxylic acids is 1. The molecule has 0 aliphatic rings. The second kappa shape index (κ2) is 6.69. The highest BCUT2D eigenvalue weighted by Crippen LogP contribution is 2.21. The monoisotopic (exact) mass is 292 g/mol. The summed E-state index contributed by atoms with van der Waals surface area (Å²) in [5.41, 5.74) is 0.319. The molecule has 7 heteroatoms. The summed E-state index contributed by atoms with van der Waals surface area (Å²) >= 11 is 0. The Morgan fingerprint density at radius 1 is 1.35 bits per heavy atom. The molecule has 0 aliphatic heterocycles. The SMILES string of the molecule is CC(c1ccccc1F)N(C)C(=O)CNCC(F)(F)F. The van der Waals surface area contributed by atoms with Gasteiger partial charge in [-0.1, -0.05) is 18.2 Å². The van der Waals surface area contributed by atoms with Gasteiger partial charge in [-0.15, -0.1) is 0 Å². The molecule has 112 valence electrons. The van der Waals surface area contributed by atoms with Crippen LogP contribution in [0.1, 0.15) is 18.5 Å². The van der Waals surface area contributed by atoms with E-state index in [2.05, 4.69) is 0 Å². The van der Waals surface area contributed by atoms with E-state index in [4.69, 9.17) is 0 Å². The summed E-state index contributed by atoms with van der Waals surface area (Å²) in [5, 5.41) is 2.02. The number of amides is 1. The Morgan fingerprint density at radius 3 is 2.50 bits per heavy atom. The molecule has 0 aromatic heterocycles. The molecular weight excluding hydrogens is 276 g/mol. The Morgan fingerprint density at radius 2 is 1.95 bits per heavy atom. The van der Waals surface area contributed by atoms with Crippen LogP contribution in [0.2, 0.25) is 0 Å². The standard InChI is InChI=1S/C13H16F4N2O/c1-9(10-5-3-4-6-11(10)14)19(2)12(20)7-18-8-13(15,16)17/h3-6,9,18H,7-8H2,1-2H3. The van der Waals surface area contributed by atoms with Crippen LogP contribution in [0.4, 0.5) is 17.6 Å². The quantitative estimate of drug-likeness (QED) is 0.846. The van der Waals surface area contributed by atoms with E-state index in [0.29, 0.717) is 5.56 Å². The zero-order chi connectivity index (χ0) is 15.3. The molecule has 0 saturated carbocycles. The topological polar surface area (TPSA) is 32.3 Å². The summed E-state index contributed by atoms with van der Waals surface area (Å²) in [6, 6.07) is 5.41. The smallest absolute Gasteiger partial charge is 0.338 e. The highest BCUT2D eigenvalue weighted by atomic mass is 19.4. The molecule has 1 amide bonds. The van der Waals surface area contributed by atoms with Crippen LogP contribution in [0.25, 0.3) is 0 Å². The maximum atomic E-state index is 13.6. The van der Waals surface area contributed by atoms with Crippen molar-refractivity contribution in [1.29, 1.82) is 0 Å². The van der Waals surface area contributed by atoms with Crippen molar-refractivity contribution in [1.82, 2.24) is 10.2 Å². The van der Waals surface area contributed by atoms with Crippen LogP contribution in [0.5, 0.6) is 0 Å². The van der Waals surface area contributed by atoms with Crippen LogP contribution in [0.15, 0.2) is 24.3 Å². The van der Waals surface area contributed by atoms with Gasteiger partial charge in [-0.25, -0.2) is 4.39 Å². The molecule has 0 radical (unpaired) electrons. The highest BCUT2D eigenvalue weighted by Gasteiger charge is 2.27. The van der Waals surface area contributed by atoms with Crippen molar-refractivity contribution < 1.29 is 22.4 Å². The third-order valence-electron chi connectivity index (χ3n) is 2.93. The van der Waals surface area contributed by atoms with E-state index in [1.807, 2.05) is 5.32 Å². The lowest BCUT2D eigenvalue weighted by Crippen LogP contribution is -2.40. The predicted molar refractivity (Wildman–Crippen MR) is 66.5 cm³/mol. The number of hydrogen-bond donors (Lipinski definition) is 1. The number of carbonyl (C=O) groups is 1. The van der Waals surface area contributed by atoms with Crippen LogP contribution < -0.4 is 5.32 Å². The van der Waals surface area contributed by atoms with E-state index in [1.165, 1.54) is 30.1 Å². The predicted octanol–water partition coefficient (Wildman–Crippen LogP) is 2.50. The first-order valence-corrected chi connectivity index (χ1v) is 6.00. The van der Waals surface area contributed by atoms with Gasteiger partial charge >= 0.3 is 6.18 Å². The number of alkyl halides is 3. The fourth-order valence-corrected chi connectivity index (χ4v) is 1.67. The zero-order valence-electron chi connectivity index (χ0n) is 11.2. The number of nitrogens with one attached hydrogen (secondary N) is 1. The van der Waals surface area contributed by atoms with Gasteiger partial charge in [0.25, 0.3) is 0 Å². The van der Waals surface area contributed by atoms with Gasteiger partial charge in [0.05, 0.1) is 19.1 Å². The summed E-state index contributed by atoms with van der Waals surface area (Å²) in [7, 11) is 1.43. The molecule has 1 N–H and O–H groups in total. The largest absolute Gasteiger partial charge is 0.401 e. The van der Waals surface area contributed by atoms with Crippen LogP contribution >= 0.6 is 0 Å². The summed E-state index contributed by atoms with van der Waals surface area (Å²) in [5.74, 6) is -0.993. The van der Waals surface area contributed by atoms with Gasteiger partial charge in [0.15, 0.2) is 0 Å². The van der Waals surface area contributed by atoms with Crippen molar-refractivity contribution in [2.75, 3.05) is 20.1 Å². The molecule has 0 fully saturated rings. The molecule has 0 aliphatic carbocycles. The van der Waals surface area contributed by atoms with Crippen molar-refractivity contribution in [2.24, 2.45) is 0 Å². The number of nitrogens with zero attached hydrogens (tertiary/aromatic N) is 1. The second-order valence-corrected chi connectivity index (χ2v) is 4.42. The Hall–Kier alpha value is -1.63. The molecule has 0 saturated heterocycles. The second-order valence-electron chi connectivity index (χ2n) is 4.42. The molecule has 3 nitrogen and oxygen atoms in total. The number of hydrogen-bond acceptors (Lipinski definition) is 2. The molecule has 0 heterocycles. The third-order valence-corrected chi connectivity index (χ3v) is 2.93. The van der Waals surface area contributed by atoms with E-state index < -0.39 is 37.0 Å². The Labute approximate surface area is 114 Å². The lowest BCUT2D eigenvalue weighted by Gasteiger charge is -2.26. The molecule has 1 unspecified atom stereocenters. The maximum Gasteiger partial charge on any atom is 0.401 e. The molecule has 1 atom stereocenters. The highest BCUT2D eigenvalue weighted by molar-refractivity contribution is 5.78. The minimum atomic E-state index is -4.37. The first kappa shape index (κ1) is 16.4. The number of benzene rings is 1. The van der Waals surface area contributed by atoms with E-state index in [0.717, 1.165) is 0 Å². The van der Waals surface area contributed by atoms with Crippen LogP contribution in [0, 0.1) is 5.82 Å². The van der Waals surface area contributed by atoms with Crippen LogP contribution in [0.3, 0.4) is 0 Å². The van der Waals surface area contributed by atoms with Gasteiger partial charge < -0.3 is 10.2 Å². The van der Waals surface area contributed by atoms with E-state index in [-0.39, 0.29) is 0 Å². The lowest BCUT2D eigenvalue weighted by atomic mass is 10.1. The van der Waals surface area contributed by atoms with E-state index in [1.54, 1.807) is 13.0 Å². The van der Waals surface area contributed by atoms with E-state index in [9.17, 15) is 22.4 Å². The van der Waals surface area contributed by atoms with Crippen molar-refractivity contribution in [3.63, 3.8) is 0 Å². The fourth-order valence-electron chi connectivity index (χ4n) is 1.67. The van der Waals surface area contributed by atoms with Crippen LogP contribution in [-0.2, 0) is 4.79 Å². The third kappa shape index (κ3) is 4.80. The normalized spacial score (nSPS) is 13.1. The summed E-state index contributed by atoms with van der Waals surface area (Å²) in [4.78, 5) is 12.9. The van der Waals surface area contributed by atoms with Gasteiger partial charge in [0, 0.05) is 12.6 Å². The van der Waals surface area contributed by atoms with Crippen LogP contribution in [-0.4, -0.2) is 37.1 Å². The summed E-state index contributed by atoms with van der Waals surface area (Å²) in [6.45, 7) is -0.0739. The Balaban J connectivity index is 2.59. The first-order valence-electron chi connectivity index (χ1n) is 6.00. The Kier molecular flexibility index (Phi) is 5.50. The van der Waals surface area contributed by atoms with Gasteiger partial charge in [0.2, 0.25) is 5.91 Å². The van der Waals surface area contributed by atoms with E-state index >= 15 is 0 Å². The zero-order valence-corrected chi connectivity index (χ0v) is 11.2. The molecule has 0 spiro atoms. The van der Waals surface area contributed by atoms with Gasteiger partial charge in [0.1, 0.15) is 5.82 Å². The molecular formula is C13H16F4N2O. The van der Waals surface area contributed by atoms with Crippen molar-refractivity contribution in [2.45, 2.75) is 19.1 Å². The molecule has 0 bridgehead atoms. The first-order chi connectivity index (χ1) is 9.22. The summed E-state index contributed by atoms with van der Waals surface area (Å²) in [6.07, 6.45) is -4.37. The van der Waals surface area contributed by atoms with Crippen molar-refractivity contribution in [3.05, 3.63) is 35.6 Å². The summed E-state index contributed by atoms with van der Waals surface area (Å²) < 4.78 is 49.4. The molecule has 20 heavy (non-hydrogen) atoms. The minimum absolute atomic E-state index is 0.319. The maximum absolute atomic E-state index is 13.6. The van der Waals surface area contributed by atoms with Gasteiger partial charge in [-0.2, -0.15) is 13.2 Å². The molecule has 1 aromatic rings. The fraction of sp³-hybridized carbons (Fsp3) is 0.462. The average Bonchev–Trinajstić information content (AvgIpc) is 2.36. The van der Waals surface area contributed by atoms with Gasteiger partial charge in [-0.3, -0.25) is 4.79 Å². The molecule has 1 aromatic carbocycles. The minimum Gasteiger partial charge on any atom is -0.338 e. The van der Waals surface area contributed by atoms with Crippen molar-refractivity contribution >= 4 is 5.91 Å².